The molecule has 2 N–H and O–H groups in total. The topological polar surface area (TPSA) is 96.4 Å². The van der Waals surface area contributed by atoms with Gasteiger partial charge in [-0.1, -0.05) is 17.7 Å². The zero-order valence-electron chi connectivity index (χ0n) is 10.7. The predicted octanol–water partition coefficient (Wildman–Crippen LogP) is 1.91. The third-order valence-electron chi connectivity index (χ3n) is 2.67. The molecule has 0 aliphatic heterocycles. The average molecular weight is 327 g/mol. The molecule has 8 heteroatoms. The molecule has 0 unspecified atom stereocenters. The lowest BCUT2D eigenvalue weighted by Gasteiger charge is -2.08. The van der Waals surface area contributed by atoms with Gasteiger partial charge in [-0.2, -0.15) is 0 Å². The first-order chi connectivity index (χ1) is 9.90. The molecule has 0 aliphatic carbocycles. The summed E-state index contributed by atoms with van der Waals surface area (Å²) in [5.74, 6) is -1.22. The van der Waals surface area contributed by atoms with Crippen molar-refractivity contribution in [2.45, 2.75) is 11.4 Å². The van der Waals surface area contributed by atoms with Crippen LogP contribution in [0.25, 0.3) is 0 Å². The van der Waals surface area contributed by atoms with Gasteiger partial charge in [0.2, 0.25) is 10.0 Å². The Kier molecular flexibility index (Phi) is 4.56. The fraction of sp³-hybridized carbons (Fsp3) is 0.0769. The van der Waals surface area contributed by atoms with Gasteiger partial charge in [-0.15, -0.1) is 0 Å². The van der Waals surface area contributed by atoms with E-state index in [4.69, 9.17) is 16.7 Å². The van der Waals surface area contributed by atoms with Crippen molar-refractivity contribution in [1.29, 1.82) is 0 Å². The zero-order chi connectivity index (χ0) is 15.5. The van der Waals surface area contributed by atoms with Crippen molar-refractivity contribution in [3.63, 3.8) is 0 Å². The van der Waals surface area contributed by atoms with Gasteiger partial charge in [-0.05, 0) is 29.8 Å². The standard InChI is InChI=1S/C13H11ClN2O4S/c14-12-6-10(3-4-11(12)13(17)18)21(19,20)16-8-9-2-1-5-15-7-9/h1-7,16H,8H2,(H,17,18). The molecule has 21 heavy (non-hydrogen) atoms. The number of aromatic carboxylic acids is 1. The minimum Gasteiger partial charge on any atom is -0.478 e. The van der Waals surface area contributed by atoms with E-state index in [-0.39, 0.29) is 22.0 Å². The summed E-state index contributed by atoms with van der Waals surface area (Å²) in [5, 5.41) is 8.72. The summed E-state index contributed by atoms with van der Waals surface area (Å²) in [5.41, 5.74) is 0.553. The number of benzene rings is 1. The molecule has 0 saturated heterocycles. The summed E-state index contributed by atoms with van der Waals surface area (Å²) in [4.78, 5) is 14.6. The van der Waals surface area contributed by atoms with E-state index in [0.29, 0.717) is 5.56 Å². The summed E-state index contributed by atoms with van der Waals surface area (Å²) in [7, 11) is -3.78. The molecular weight excluding hydrogens is 316 g/mol. The Morgan fingerprint density at radius 1 is 1.33 bits per heavy atom. The van der Waals surface area contributed by atoms with Crippen LogP contribution < -0.4 is 4.72 Å². The maximum absolute atomic E-state index is 12.1. The highest BCUT2D eigenvalue weighted by molar-refractivity contribution is 7.89. The van der Waals surface area contributed by atoms with Gasteiger partial charge in [0.15, 0.2) is 0 Å². The third-order valence-corrected chi connectivity index (χ3v) is 4.38. The first-order valence-corrected chi connectivity index (χ1v) is 7.67. The number of sulfonamides is 1. The second-order valence-corrected chi connectivity index (χ2v) is 6.31. The van der Waals surface area contributed by atoms with E-state index >= 15 is 0 Å². The van der Waals surface area contributed by atoms with Gasteiger partial charge in [0.05, 0.1) is 15.5 Å². The number of hydrogen-bond donors (Lipinski definition) is 2. The number of nitrogens with one attached hydrogen (secondary N) is 1. The Morgan fingerprint density at radius 2 is 2.10 bits per heavy atom. The molecule has 0 fully saturated rings. The van der Waals surface area contributed by atoms with E-state index in [1.54, 1.807) is 24.5 Å². The Hall–Kier alpha value is -1.96. The van der Waals surface area contributed by atoms with Crippen molar-refractivity contribution < 1.29 is 18.3 Å². The summed E-state index contributed by atoms with van der Waals surface area (Å²) >= 11 is 5.76. The smallest absolute Gasteiger partial charge is 0.337 e. The molecule has 0 bridgehead atoms. The van der Waals surface area contributed by atoms with Gasteiger partial charge < -0.3 is 5.11 Å². The lowest BCUT2D eigenvalue weighted by atomic mass is 10.2. The quantitative estimate of drug-likeness (QED) is 0.875. The Bertz CT molecular complexity index is 763. The highest BCUT2D eigenvalue weighted by Crippen LogP contribution is 2.21. The second kappa shape index (κ2) is 6.21. The van der Waals surface area contributed by atoms with E-state index < -0.39 is 16.0 Å². The number of halogens is 1. The number of rotatable bonds is 5. The van der Waals surface area contributed by atoms with Crippen LogP contribution in [0, 0.1) is 0 Å². The Morgan fingerprint density at radius 3 is 2.67 bits per heavy atom. The average Bonchev–Trinajstić information content (AvgIpc) is 2.46. The van der Waals surface area contributed by atoms with Crippen LogP contribution in [0.5, 0.6) is 0 Å². The third kappa shape index (κ3) is 3.78. The van der Waals surface area contributed by atoms with Crippen LogP contribution in [0.3, 0.4) is 0 Å². The molecule has 0 radical (unpaired) electrons. The van der Waals surface area contributed by atoms with Gasteiger partial charge in [0.25, 0.3) is 0 Å². The molecule has 1 aromatic heterocycles. The number of carboxylic acids is 1. The van der Waals surface area contributed by atoms with Crippen molar-refractivity contribution in [3.05, 3.63) is 58.9 Å². The first-order valence-electron chi connectivity index (χ1n) is 5.81. The lowest BCUT2D eigenvalue weighted by molar-refractivity contribution is 0.0697. The SMILES string of the molecule is O=C(O)c1ccc(S(=O)(=O)NCc2cccnc2)cc1Cl. The Balaban J connectivity index is 2.20. The molecule has 0 atom stereocenters. The van der Waals surface area contributed by atoms with Gasteiger partial charge in [0.1, 0.15) is 0 Å². The summed E-state index contributed by atoms with van der Waals surface area (Å²) in [6.07, 6.45) is 3.13. The maximum Gasteiger partial charge on any atom is 0.337 e. The highest BCUT2D eigenvalue weighted by Gasteiger charge is 2.17. The van der Waals surface area contributed by atoms with Gasteiger partial charge >= 0.3 is 5.97 Å². The molecule has 1 heterocycles. The number of pyridine rings is 1. The van der Waals surface area contributed by atoms with Crippen molar-refractivity contribution in [2.75, 3.05) is 0 Å². The molecule has 0 amide bonds. The number of carboxylic acid groups (broad SMARTS) is 1. The van der Waals surface area contributed by atoms with Crippen molar-refractivity contribution >= 4 is 27.6 Å². The minimum absolute atomic E-state index is 0.0779. The molecule has 110 valence electrons. The van der Waals surface area contributed by atoms with E-state index in [1.165, 1.54) is 6.07 Å². The van der Waals surface area contributed by atoms with Crippen LogP contribution in [0.4, 0.5) is 0 Å². The minimum atomic E-state index is -3.78. The van der Waals surface area contributed by atoms with Gasteiger partial charge in [-0.3, -0.25) is 4.98 Å². The monoisotopic (exact) mass is 326 g/mol. The fourth-order valence-corrected chi connectivity index (χ4v) is 2.97. The predicted molar refractivity (Wildman–Crippen MR) is 76.7 cm³/mol. The van der Waals surface area contributed by atoms with Gasteiger partial charge in [-0.25, -0.2) is 17.9 Å². The largest absolute Gasteiger partial charge is 0.478 e. The lowest BCUT2D eigenvalue weighted by Crippen LogP contribution is -2.23. The van der Waals surface area contributed by atoms with Crippen LogP contribution >= 0.6 is 11.6 Å². The fourth-order valence-electron chi connectivity index (χ4n) is 1.60. The van der Waals surface area contributed by atoms with Crippen LogP contribution in [0.2, 0.25) is 5.02 Å². The number of hydrogen-bond acceptors (Lipinski definition) is 4. The molecular formula is C13H11ClN2O4S. The second-order valence-electron chi connectivity index (χ2n) is 4.13. The first kappa shape index (κ1) is 15.4. The zero-order valence-corrected chi connectivity index (χ0v) is 12.2. The maximum atomic E-state index is 12.1. The molecule has 1 aromatic carbocycles. The number of aromatic nitrogens is 1. The number of carbonyl (C=O) groups is 1. The number of nitrogens with zero attached hydrogens (tertiary/aromatic N) is 1. The molecule has 2 aromatic rings. The van der Waals surface area contributed by atoms with Crippen LogP contribution in [-0.2, 0) is 16.6 Å². The van der Waals surface area contributed by atoms with Crippen molar-refractivity contribution in [2.24, 2.45) is 0 Å². The molecule has 0 spiro atoms. The van der Waals surface area contributed by atoms with E-state index in [9.17, 15) is 13.2 Å². The molecule has 0 saturated carbocycles. The van der Waals surface area contributed by atoms with E-state index in [2.05, 4.69) is 9.71 Å². The van der Waals surface area contributed by atoms with Crippen LogP contribution in [0.15, 0.2) is 47.6 Å². The summed E-state index contributed by atoms with van der Waals surface area (Å²) in [6.45, 7) is 0.0779. The van der Waals surface area contributed by atoms with E-state index in [1.807, 2.05) is 0 Å². The molecule has 6 nitrogen and oxygen atoms in total. The highest BCUT2D eigenvalue weighted by atomic mass is 35.5. The molecule has 0 aliphatic rings. The Labute approximate surface area is 126 Å². The summed E-state index contributed by atoms with van der Waals surface area (Å²) in [6, 6.07) is 6.89. The van der Waals surface area contributed by atoms with Crippen LogP contribution in [-0.4, -0.2) is 24.5 Å². The van der Waals surface area contributed by atoms with Crippen molar-refractivity contribution in [3.8, 4) is 0 Å². The summed E-state index contributed by atoms with van der Waals surface area (Å²) < 4.78 is 26.6. The molecule has 2 rings (SSSR count). The van der Waals surface area contributed by atoms with E-state index in [0.717, 1.165) is 12.1 Å². The van der Waals surface area contributed by atoms with Crippen LogP contribution in [0.1, 0.15) is 15.9 Å². The van der Waals surface area contributed by atoms with Gasteiger partial charge in [0, 0.05) is 18.9 Å². The normalized spacial score (nSPS) is 11.3. The van der Waals surface area contributed by atoms with Crippen molar-refractivity contribution in [1.82, 2.24) is 9.71 Å².